The van der Waals surface area contributed by atoms with Gasteiger partial charge in [-0.3, -0.25) is 0 Å². The Morgan fingerprint density at radius 1 is 1.50 bits per heavy atom. The molecule has 0 saturated heterocycles. The Bertz CT molecular complexity index is 163. The Morgan fingerprint density at radius 2 is 2.29 bits per heavy atom. The van der Waals surface area contributed by atoms with Crippen molar-refractivity contribution in [3.05, 3.63) is 0 Å². The highest BCUT2D eigenvalue weighted by Crippen LogP contribution is 2.29. The van der Waals surface area contributed by atoms with Crippen LogP contribution in [0.4, 0.5) is 0 Å². The number of nitrogens with one attached hydrogen (secondary N) is 1. The SMILES string of the molecule is CNC1CCCCC1(N)CCCOC. The largest absolute Gasteiger partial charge is 0.385 e. The van der Waals surface area contributed by atoms with E-state index in [1.54, 1.807) is 7.11 Å². The van der Waals surface area contributed by atoms with Crippen molar-refractivity contribution in [1.29, 1.82) is 0 Å². The highest BCUT2D eigenvalue weighted by Gasteiger charge is 2.35. The summed E-state index contributed by atoms with van der Waals surface area (Å²) < 4.78 is 5.07. The molecule has 0 aliphatic heterocycles. The molecule has 1 rings (SSSR count). The average molecular weight is 200 g/mol. The van der Waals surface area contributed by atoms with Crippen molar-refractivity contribution in [2.45, 2.75) is 50.1 Å². The fourth-order valence-electron chi connectivity index (χ4n) is 2.54. The van der Waals surface area contributed by atoms with Crippen molar-refractivity contribution in [3.8, 4) is 0 Å². The summed E-state index contributed by atoms with van der Waals surface area (Å²) in [7, 11) is 3.77. The first kappa shape index (κ1) is 12.0. The monoisotopic (exact) mass is 200 g/mol. The Hall–Kier alpha value is -0.120. The fourth-order valence-corrected chi connectivity index (χ4v) is 2.54. The Labute approximate surface area is 87.4 Å². The zero-order chi connectivity index (χ0) is 10.4. The summed E-state index contributed by atoms with van der Waals surface area (Å²) in [6.45, 7) is 0.829. The molecule has 1 aliphatic carbocycles. The van der Waals surface area contributed by atoms with Gasteiger partial charge in [0.05, 0.1) is 0 Å². The van der Waals surface area contributed by atoms with E-state index in [9.17, 15) is 0 Å². The van der Waals surface area contributed by atoms with Gasteiger partial charge < -0.3 is 15.8 Å². The van der Waals surface area contributed by atoms with Gasteiger partial charge in [0, 0.05) is 25.3 Å². The average Bonchev–Trinajstić information content (AvgIpc) is 2.19. The number of methoxy groups -OCH3 is 1. The van der Waals surface area contributed by atoms with Crippen molar-refractivity contribution >= 4 is 0 Å². The van der Waals surface area contributed by atoms with Crippen LogP contribution in [0.25, 0.3) is 0 Å². The Morgan fingerprint density at radius 3 is 2.93 bits per heavy atom. The summed E-state index contributed by atoms with van der Waals surface area (Å²) in [6, 6.07) is 0.494. The molecule has 14 heavy (non-hydrogen) atoms. The van der Waals surface area contributed by atoms with Gasteiger partial charge in [0.1, 0.15) is 0 Å². The number of hydrogen-bond donors (Lipinski definition) is 2. The maximum atomic E-state index is 6.44. The van der Waals surface area contributed by atoms with Gasteiger partial charge in [-0.15, -0.1) is 0 Å². The van der Waals surface area contributed by atoms with Crippen LogP contribution in [0, 0.1) is 0 Å². The molecule has 0 aromatic carbocycles. The molecule has 0 bridgehead atoms. The molecule has 2 unspecified atom stereocenters. The topological polar surface area (TPSA) is 47.3 Å². The molecule has 1 fully saturated rings. The smallest absolute Gasteiger partial charge is 0.0462 e. The maximum absolute atomic E-state index is 6.44. The fraction of sp³-hybridized carbons (Fsp3) is 1.00. The quantitative estimate of drug-likeness (QED) is 0.657. The number of ether oxygens (including phenoxy) is 1. The molecule has 0 radical (unpaired) electrons. The first-order valence-electron chi connectivity index (χ1n) is 5.68. The second kappa shape index (κ2) is 5.69. The third kappa shape index (κ3) is 2.94. The van der Waals surface area contributed by atoms with Crippen LogP contribution in [0.15, 0.2) is 0 Å². The van der Waals surface area contributed by atoms with Gasteiger partial charge in [0.25, 0.3) is 0 Å². The number of rotatable bonds is 5. The molecule has 0 spiro atoms. The minimum absolute atomic E-state index is 0.00549. The number of likely N-dealkylation sites (N-methyl/N-ethyl adjacent to an activating group) is 1. The van der Waals surface area contributed by atoms with E-state index < -0.39 is 0 Å². The lowest BCUT2D eigenvalue weighted by atomic mass is 9.75. The molecule has 3 N–H and O–H groups in total. The van der Waals surface area contributed by atoms with Crippen molar-refractivity contribution in [2.75, 3.05) is 20.8 Å². The molecular weight excluding hydrogens is 176 g/mol. The zero-order valence-corrected chi connectivity index (χ0v) is 9.51. The van der Waals surface area contributed by atoms with Gasteiger partial charge in [-0.05, 0) is 32.7 Å². The van der Waals surface area contributed by atoms with Crippen LogP contribution < -0.4 is 11.1 Å². The predicted molar refractivity (Wildman–Crippen MR) is 59.3 cm³/mol. The van der Waals surface area contributed by atoms with Crippen molar-refractivity contribution in [3.63, 3.8) is 0 Å². The molecule has 1 saturated carbocycles. The van der Waals surface area contributed by atoms with Crippen molar-refractivity contribution in [1.82, 2.24) is 5.32 Å². The lowest BCUT2D eigenvalue weighted by Crippen LogP contribution is -2.58. The van der Waals surface area contributed by atoms with Crippen LogP contribution in [-0.4, -0.2) is 32.3 Å². The summed E-state index contributed by atoms with van der Waals surface area (Å²) in [4.78, 5) is 0. The highest BCUT2D eigenvalue weighted by molar-refractivity contribution is 4.98. The molecule has 84 valence electrons. The minimum Gasteiger partial charge on any atom is -0.385 e. The molecule has 2 atom stereocenters. The molecule has 0 aromatic heterocycles. The van der Waals surface area contributed by atoms with Gasteiger partial charge in [-0.25, -0.2) is 0 Å². The Balaban J connectivity index is 2.41. The van der Waals surface area contributed by atoms with E-state index in [0.717, 1.165) is 25.9 Å². The van der Waals surface area contributed by atoms with Crippen molar-refractivity contribution < 1.29 is 4.74 Å². The van der Waals surface area contributed by atoms with E-state index in [-0.39, 0.29) is 5.54 Å². The lowest BCUT2D eigenvalue weighted by molar-refractivity contribution is 0.158. The summed E-state index contributed by atoms with van der Waals surface area (Å²) in [5, 5.41) is 3.36. The zero-order valence-electron chi connectivity index (χ0n) is 9.51. The standard InChI is InChI=1S/C11H24N2O/c1-13-10-6-3-4-7-11(10,12)8-5-9-14-2/h10,13H,3-9,12H2,1-2H3. The van der Waals surface area contributed by atoms with Gasteiger partial charge in [0.15, 0.2) is 0 Å². The van der Waals surface area contributed by atoms with E-state index in [1.165, 1.54) is 19.3 Å². The lowest BCUT2D eigenvalue weighted by Gasteiger charge is -2.41. The van der Waals surface area contributed by atoms with E-state index in [0.29, 0.717) is 6.04 Å². The molecule has 3 nitrogen and oxygen atoms in total. The van der Waals surface area contributed by atoms with Gasteiger partial charge in [-0.2, -0.15) is 0 Å². The van der Waals surface area contributed by atoms with Crippen LogP contribution in [0.1, 0.15) is 38.5 Å². The van der Waals surface area contributed by atoms with Crippen molar-refractivity contribution in [2.24, 2.45) is 5.73 Å². The second-order valence-corrected chi connectivity index (χ2v) is 4.42. The normalized spacial score (nSPS) is 33.2. The number of nitrogens with two attached hydrogens (primary N) is 1. The molecule has 0 heterocycles. The predicted octanol–water partition coefficient (Wildman–Crippen LogP) is 1.27. The van der Waals surface area contributed by atoms with Crippen LogP contribution in [0.2, 0.25) is 0 Å². The molecule has 1 aliphatic rings. The van der Waals surface area contributed by atoms with Gasteiger partial charge >= 0.3 is 0 Å². The first-order chi connectivity index (χ1) is 6.73. The number of hydrogen-bond acceptors (Lipinski definition) is 3. The van der Waals surface area contributed by atoms with Crippen LogP contribution >= 0.6 is 0 Å². The molecule has 0 aromatic rings. The van der Waals surface area contributed by atoms with E-state index in [2.05, 4.69) is 5.32 Å². The van der Waals surface area contributed by atoms with Crippen LogP contribution in [0.5, 0.6) is 0 Å². The Kier molecular flexibility index (Phi) is 4.85. The highest BCUT2D eigenvalue weighted by atomic mass is 16.5. The van der Waals surface area contributed by atoms with Crippen LogP contribution in [-0.2, 0) is 4.74 Å². The van der Waals surface area contributed by atoms with Gasteiger partial charge in [0.2, 0.25) is 0 Å². The summed E-state index contributed by atoms with van der Waals surface area (Å²) >= 11 is 0. The van der Waals surface area contributed by atoms with E-state index >= 15 is 0 Å². The summed E-state index contributed by atoms with van der Waals surface area (Å²) in [5.41, 5.74) is 6.44. The molecular formula is C11H24N2O. The summed E-state index contributed by atoms with van der Waals surface area (Å²) in [6.07, 6.45) is 7.12. The molecule has 0 amide bonds. The minimum atomic E-state index is 0.00549. The van der Waals surface area contributed by atoms with E-state index in [4.69, 9.17) is 10.5 Å². The third-order valence-corrected chi connectivity index (χ3v) is 3.42. The molecule has 3 heteroatoms. The second-order valence-electron chi connectivity index (χ2n) is 4.42. The summed E-state index contributed by atoms with van der Waals surface area (Å²) in [5.74, 6) is 0. The van der Waals surface area contributed by atoms with E-state index in [1.807, 2.05) is 7.05 Å². The third-order valence-electron chi connectivity index (χ3n) is 3.42. The first-order valence-corrected chi connectivity index (χ1v) is 5.68. The van der Waals surface area contributed by atoms with Crippen LogP contribution in [0.3, 0.4) is 0 Å². The maximum Gasteiger partial charge on any atom is 0.0462 e. The van der Waals surface area contributed by atoms with Gasteiger partial charge in [-0.1, -0.05) is 12.8 Å².